The Morgan fingerprint density at radius 1 is 1.44 bits per heavy atom. The summed E-state index contributed by atoms with van der Waals surface area (Å²) >= 11 is 7.66. The van der Waals surface area contributed by atoms with Crippen LogP contribution in [0.25, 0.3) is 0 Å². The number of benzene rings is 1. The first-order valence-corrected chi connectivity index (χ1v) is 6.97. The van der Waals surface area contributed by atoms with Crippen LogP contribution in [0.3, 0.4) is 0 Å². The lowest BCUT2D eigenvalue weighted by molar-refractivity contribution is 0.408. The van der Waals surface area contributed by atoms with Gasteiger partial charge in [0.15, 0.2) is 0 Å². The molecular weight excluding hydrogens is 268 g/mol. The molecule has 1 aromatic carbocycles. The molecule has 3 nitrogen and oxygen atoms in total. The monoisotopic (exact) mass is 282 g/mol. The van der Waals surface area contributed by atoms with E-state index in [1.165, 1.54) is 0 Å². The molecule has 0 radical (unpaired) electrons. The van der Waals surface area contributed by atoms with Crippen LogP contribution in [0.15, 0.2) is 29.8 Å². The molecule has 0 amide bonds. The standard InChI is InChI=1S/C13H15ClN2OS/c1-17-12-3-2-11(14)8-10(12)9-15-5-4-13-16-6-7-18-13/h2-3,6-8,15H,4-5,9H2,1H3. The molecule has 0 atom stereocenters. The van der Waals surface area contributed by atoms with E-state index in [2.05, 4.69) is 10.3 Å². The van der Waals surface area contributed by atoms with E-state index in [4.69, 9.17) is 16.3 Å². The van der Waals surface area contributed by atoms with Crippen molar-refractivity contribution in [3.05, 3.63) is 45.4 Å². The summed E-state index contributed by atoms with van der Waals surface area (Å²) in [6.45, 7) is 1.64. The summed E-state index contributed by atoms with van der Waals surface area (Å²) in [5, 5.41) is 7.25. The zero-order valence-electron chi connectivity index (χ0n) is 10.1. The molecule has 0 unspecified atom stereocenters. The average Bonchev–Trinajstić information content (AvgIpc) is 2.88. The topological polar surface area (TPSA) is 34.1 Å². The van der Waals surface area contributed by atoms with Crippen LogP contribution in [-0.4, -0.2) is 18.6 Å². The van der Waals surface area contributed by atoms with E-state index in [1.54, 1.807) is 18.4 Å². The van der Waals surface area contributed by atoms with E-state index in [0.29, 0.717) is 0 Å². The average molecular weight is 283 g/mol. The number of halogens is 1. The predicted molar refractivity (Wildman–Crippen MR) is 75.5 cm³/mol. The van der Waals surface area contributed by atoms with E-state index >= 15 is 0 Å². The van der Waals surface area contributed by atoms with Gasteiger partial charge >= 0.3 is 0 Å². The highest BCUT2D eigenvalue weighted by atomic mass is 35.5. The summed E-state index contributed by atoms with van der Waals surface area (Å²) in [5.41, 5.74) is 1.07. The van der Waals surface area contributed by atoms with Crippen molar-refractivity contribution >= 4 is 22.9 Å². The number of aromatic nitrogens is 1. The van der Waals surface area contributed by atoms with Crippen molar-refractivity contribution in [2.45, 2.75) is 13.0 Å². The van der Waals surface area contributed by atoms with E-state index in [-0.39, 0.29) is 0 Å². The van der Waals surface area contributed by atoms with Crippen molar-refractivity contribution in [1.82, 2.24) is 10.3 Å². The number of hydrogen-bond acceptors (Lipinski definition) is 4. The number of nitrogens with zero attached hydrogens (tertiary/aromatic N) is 1. The van der Waals surface area contributed by atoms with E-state index in [9.17, 15) is 0 Å². The molecule has 96 valence electrons. The maximum absolute atomic E-state index is 5.98. The Kier molecular flexibility index (Phi) is 4.99. The fourth-order valence-electron chi connectivity index (χ4n) is 1.68. The van der Waals surface area contributed by atoms with Gasteiger partial charge in [0, 0.05) is 41.7 Å². The summed E-state index contributed by atoms with van der Waals surface area (Å²) in [6, 6.07) is 5.65. The van der Waals surface area contributed by atoms with E-state index in [0.717, 1.165) is 40.9 Å². The van der Waals surface area contributed by atoms with Crippen LogP contribution in [0.2, 0.25) is 5.02 Å². The number of ether oxygens (including phenoxy) is 1. The molecule has 5 heteroatoms. The van der Waals surface area contributed by atoms with Crippen molar-refractivity contribution < 1.29 is 4.74 Å². The van der Waals surface area contributed by atoms with Gasteiger partial charge < -0.3 is 10.1 Å². The first-order chi connectivity index (χ1) is 8.79. The lowest BCUT2D eigenvalue weighted by Crippen LogP contribution is -2.17. The van der Waals surface area contributed by atoms with Gasteiger partial charge in [0.1, 0.15) is 5.75 Å². The second kappa shape index (κ2) is 6.73. The molecular formula is C13H15ClN2OS. The molecule has 0 aliphatic carbocycles. The van der Waals surface area contributed by atoms with E-state index < -0.39 is 0 Å². The zero-order valence-corrected chi connectivity index (χ0v) is 11.7. The van der Waals surface area contributed by atoms with E-state index in [1.807, 2.05) is 29.8 Å². The number of hydrogen-bond donors (Lipinski definition) is 1. The molecule has 0 saturated heterocycles. The maximum Gasteiger partial charge on any atom is 0.123 e. The van der Waals surface area contributed by atoms with Crippen molar-refractivity contribution in [3.63, 3.8) is 0 Å². The van der Waals surface area contributed by atoms with Crippen LogP contribution in [0.5, 0.6) is 5.75 Å². The Labute approximate surface area is 116 Å². The van der Waals surface area contributed by atoms with Crippen LogP contribution in [0, 0.1) is 0 Å². The second-order valence-electron chi connectivity index (χ2n) is 3.81. The van der Waals surface area contributed by atoms with Crippen molar-refractivity contribution in [2.24, 2.45) is 0 Å². The van der Waals surface area contributed by atoms with Crippen LogP contribution >= 0.6 is 22.9 Å². The molecule has 0 aliphatic rings. The third-order valence-electron chi connectivity index (χ3n) is 2.56. The minimum Gasteiger partial charge on any atom is -0.496 e. The van der Waals surface area contributed by atoms with Gasteiger partial charge in [-0.15, -0.1) is 11.3 Å². The van der Waals surface area contributed by atoms with Gasteiger partial charge in [-0.3, -0.25) is 0 Å². The SMILES string of the molecule is COc1ccc(Cl)cc1CNCCc1nccs1. The van der Waals surface area contributed by atoms with Crippen LogP contribution in [0.4, 0.5) is 0 Å². The highest BCUT2D eigenvalue weighted by molar-refractivity contribution is 7.09. The molecule has 0 bridgehead atoms. The lowest BCUT2D eigenvalue weighted by atomic mass is 10.2. The highest BCUT2D eigenvalue weighted by Gasteiger charge is 2.03. The summed E-state index contributed by atoms with van der Waals surface area (Å²) in [4.78, 5) is 4.24. The van der Waals surface area contributed by atoms with Crippen molar-refractivity contribution in [3.8, 4) is 5.75 Å². The molecule has 0 spiro atoms. The molecule has 2 aromatic rings. The van der Waals surface area contributed by atoms with Gasteiger partial charge in [-0.1, -0.05) is 11.6 Å². The predicted octanol–water partition coefficient (Wildman–Crippen LogP) is 3.14. The molecule has 0 saturated carbocycles. The van der Waals surface area contributed by atoms with Gasteiger partial charge in [0.2, 0.25) is 0 Å². The van der Waals surface area contributed by atoms with Crippen LogP contribution in [-0.2, 0) is 13.0 Å². The summed E-state index contributed by atoms with van der Waals surface area (Å²) in [6.07, 6.45) is 2.78. The quantitative estimate of drug-likeness (QED) is 0.827. The summed E-state index contributed by atoms with van der Waals surface area (Å²) in [5.74, 6) is 0.862. The Bertz CT molecular complexity index is 488. The summed E-state index contributed by atoms with van der Waals surface area (Å²) < 4.78 is 5.29. The number of methoxy groups -OCH3 is 1. The lowest BCUT2D eigenvalue weighted by Gasteiger charge is -2.09. The van der Waals surface area contributed by atoms with Gasteiger partial charge in [-0.2, -0.15) is 0 Å². The minimum absolute atomic E-state index is 0.729. The third kappa shape index (κ3) is 3.70. The molecule has 2 rings (SSSR count). The molecule has 1 heterocycles. The minimum atomic E-state index is 0.729. The first kappa shape index (κ1) is 13.3. The Hall–Kier alpha value is -1.10. The second-order valence-corrected chi connectivity index (χ2v) is 5.22. The largest absolute Gasteiger partial charge is 0.496 e. The number of thiazole rings is 1. The molecule has 18 heavy (non-hydrogen) atoms. The van der Waals surface area contributed by atoms with Gasteiger partial charge in [-0.05, 0) is 18.2 Å². The zero-order chi connectivity index (χ0) is 12.8. The molecule has 0 fully saturated rings. The normalized spacial score (nSPS) is 10.6. The molecule has 1 N–H and O–H groups in total. The van der Waals surface area contributed by atoms with Crippen molar-refractivity contribution in [1.29, 1.82) is 0 Å². The van der Waals surface area contributed by atoms with Gasteiger partial charge in [-0.25, -0.2) is 4.98 Å². The maximum atomic E-state index is 5.98. The fraction of sp³-hybridized carbons (Fsp3) is 0.308. The number of nitrogens with one attached hydrogen (secondary N) is 1. The Balaban J connectivity index is 1.84. The highest BCUT2D eigenvalue weighted by Crippen LogP contribution is 2.22. The molecule has 0 aliphatic heterocycles. The van der Waals surface area contributed by atoms with Gasteiger partial charge in [0.05, 0.1) is 12.1 Å². The Morgan fingerprint density at radius 3 is 3.06 bits per heavy atom. The smallest absolute Gasteiger partial charge is 0.123 e. The van der Waals surface area contributed by atoms with Crippen LogP contribution in [0.1, 0.15) is 10.6 Å². The van der Waals surface area contributed by atoms with Crippen LogP contribution < -0.4 is 10.1 Å². The van der Waals surface area contributed by atoms with Crippen molar-refractivity contribution in [2.75, 3.05) is 13.7 Å². The molecule has 1 aromatic heterocycles. The Morgan fingerprint density at radius 2 is 2.33 bits per heavy atom. The number of rotatable bonds is 6. The fourth-order valence-corrected chi connectivity index (χ4v) is 2.50. The summed E-state index contributed by atoms with van der Waals surface area (Å²) in [7, 11) is 1.67. The third-order valence-corrected chi connectivity index (χ3v) is 3.63. The first-order valence-electron chi connectivity index (χ1n) is 5.71. The van der Waals surface area contributed by atoms with Gasteiger partial charge in [0.25, 0.3) is 0 Å².